The molecule has 23 heavy (non-hydrogen) atoms. The molecule has 0 N–H and O–H groups in total. The average molecular weight is 409 g/mol. The van der Waals surface area contributed by atoms with E-state index in [1.54, 1.807) is 36.4 Å². The third-order valence-electron chi connectivity index (χ3n) is 3.20. The molecule has 0 spiro atoms. The Morgan fingerprint density at radius 2 is 1.96 bits per heavy atom. The summed E-state index contributed by atoms with van der Waals surface area (Å²) >= 11 is 4.77. The number of halogens is 1. The summed E-state index contributed by atoms with van der Waals surface area (Å²) in [7, 11) is -3.74. The van der Waals surface area contributed by atoms with E-state index >= 15 is 0 Å². The number of hydrogen-bond acceptors (Lipinski definition) is 3. The molecule has 4 nitrogen and oxygen atoms in total. The van der Waals surface area contributed by atoms with Crippen LogP contribution in [0.15, 0.2) is 75.0 Å². The number of aromatic nitrogens is 1. The van der Waals surface area contributed by atoms with Crippen LogP contribution in [0, 0.1) is 0 Å². The molecule has 3 rings (SSSR count). The van der Waals surface area contributed by atoms with Crippen molar-refractivity contribution in [1.82, 2.24) is 4.57 Å². The van der Waals surface area contributed by atoms with Crippen LogP contribution in [0.25, 0.3) is 10.2 Å². The standard InChI is InChI=1S/C16H13BrN2O2S2/c1-2-10-19-14-9-8-12(17)11-15(14)22-16(19)18-23(20,21)13-6-4-3-5-7-13/h2-9,11H,1,10H2. The van der Waals surface area contributed by atoms with Gasteiger partial charge in [-0.1, -0.05) is 51.5 Å². The Bertz CT molecular complexity index is 1030. The van der Waals surface area contributed by atoms with Crippen LogP contribution in [0.5, 0.6) is 0 Å². The van der Waals surface area contributed by atoms with Crippen LogP contribution in [0.4, 0.5) is 0 Å². The summed E-state index contributed by atoms with van der Waals surface area (Å²) in [6.45, 7) is 4.23. The van der Waals surface area contributed by atoms with E-state index in [-0.39, 0.29) is 4.90 Å². The Balaban J connectivity index is 2.26. The van der Waals surface area contributed by atoms with Crippen molar-refractivity contribution >= 4 is 47.5 Å². The summed E-state index contributed by atoms with van der Waals surface area (Å²) in [5, 5.41) is 0. The second-order valence-corrected chi connectivity index (χ2v) is 8.30. The van der Waals surface area contributed by atoms with Gasteiger partial charge in [-0.05, 0) is 30.3 Å². The molecule has 0 aliphatic carbocycles. The van der Waals surface area contributed by atoms with Crippen molar-refractivity contribution in [1.29, 1.82) is 0 Å². The number of rotatable bonds is 4. The average Bonchev–Trinajstić information content (AvgIpc) is 2.84. The van der Waals surface area contributed by atoms with E-state index in [1.165, 1.54) is 11.3 Å². The monoisotopic (exact) mass is 408 g/mol. The summed E-state index contributed by atoms with van der Waals surface area (Å²) in [6.07, 6.45) is 1.72. The molecule has 0 saturated carbocycles. The Morgan fingerprint density at radius 1 is 1.22 bits per heavy atom. The fourth-order valence-corrected chi connectivity index (χ4v) is 4.99. The summed E-state index contributed by atoms with van der Waals surface area (Å²) in [4.78, 5) is 0.616. The maximum absolute atomic E-state index is 12.5. The quantitative estimate of drug-likeness (QED) is 0.613. The minimum absolute atomic E-state index is 0.184. The Labute approximate surface area is 146 Å². The molecule has 0 amide bonds. The van der Waals surface area contributed by atoms with E-state index in [0.717, 1.165) is 14.7 Å². The van der Waals surface area contributed by atoms with E-state index in [1.807, 2.05) is 22.8 Å². The third-order valence-corrected chi connectivity index (χ3v) is 6.13. The predicted molar refractivity (Wildman–Crippen MR) is 96.9 cm³/mol. The summed E-state index contributed by atoms with van der Waals surface area (Å²) in [5.41, 5.74) is 0.931. The van der Waals surface area contributed by atoms with Crippen LogP contribution in [-0.2, 0) is 16.6 Å². The highest BCUT2D eigenvalue weighted by molar-refractivity contribution is 9.10. The highest BCUT2D eigenvalue weighted by Gasteiger charge is 2.14. The molecular weight excluding hydrogens is 396 g/mol. The Morgan fingerprint density at radius 3 is 2.65 bits per heavy atom. The lowest BCUT2D eigenvalue weighted by molar-refractivity contribution is 0.596. The lowest BCUT2D eigenvalue weighted by Crippen LogP contribution is -2.16. The van der Waals surface area contributed by atoms with Gasteiger partial charge >= 0.3 is 0 Å². The molecule has 3 aromatic rings. The second kappa shape index (κ2) is 6.43. The summed E-state index contributed by atoms with van der Waals surface area (Å²) in [6, 6.07) is 14.0. The van der Waals surface area contributed by atoms with Crippen molar-refractivity contribution in [3.8, 4) is 0 Å². The van der Waals surface area contributed by atoms with Gasteiger partial charge in [0.1, 0.15) is 0 Å². The van der Waals surface area contributed by atoms with Gasteiger partial charge in [0, 0.05) is 11.0 Å². The number of nitrogens with zero attached hydrogens (tertiary/aromatic N) is 2. The largest absolute Gasteiger partial charge is 0.312 e. The van der Waals surface area contributed by atoms with Gasteiger partial charge in [-0.15, -0.1) is 11.0 Å². The molecule has 2 aromatic carbocycles. The zero-order valence-corrected chi connectivity index (χ0v) is 15.2. The number of benzene rings is 2. The van der Waals surface area contributed by atoms with Crippen molar-refractivity contribution in [2.45, 2.75) is 11.4 Å². The first kappa shape index (κ1) is 16.2. The Kier molecular flexibility index (Phi) is 4.52. The van der Waals surface area contributed by atoms with Gasteiger partial charge in [0.05, 0.1) is 15.1 Å². The minimum atomic E-state index is -3.74. The molecular formula is C16H13BrN2O2S2. The fraction of sp³-hybridized carbons (Fsp3) is 0.0625. The van der Waals surface area contributed by atoms with Gasteiger partial charge in [-0.3, -0.25) is 0 Å². The highest BCUT2D eigenvalue weighted by Crippen LogP contribution is 2.22. The molecule has 0 fully saturated rings. The SMILES string of the molecule is C=CCn1c(=NS(=O)(=O)c2ccccc2)sc2cc(Br)ccc21. The molecule has 0 atom stereocenters. The van der Waals surface area contributed by atoms with E-state index in [9.17, 15) is 8.42 Å². The number of sulfonamides is 1. The van der Waals surface area contributed by atoms with Gasteiger partial charge in [-0.2, -0.15) is 8.42 Å². The van der Waals surface area contributed by atoms with Crippen LogP contribution in [0.3, 0.4) is 0 Å². The van der Waals surface area contributed by atoms with Crippen LogP contribution in [-0.4, -0.2) is 13.0 Å². The highest BCUT2D eigenvalue weighted by atomic mass is 79.9. The molecule has 0 aliphatic heterocycles. The van der Waals surface area contributed by atoms with Crippen molar-refractivity contribution in [3.63, 3.8) is 0 Å². The fourth-order valence-electron chi connectivity index (χ4n) is 2.17. The number of hydrogen-bond donors (Lipinski definition) is 0. The first-order chi connectivity index (χ1) is 11.0. The van der Waals surface area contributed by atoms with Gasteiger partial charge in [0.2, 0.25) is 4.80 Å². The maximum Gasteiger partial charge on any atom is 0.285 e. The zero-order valence-electron chi connectivity index (χ0n) is 12.0. The van der Waals surface area contributed by atoms with Crippen molar-refractivity contribution in [2.24, 2.45) is 4.40 Å². The number of fused-ring (bicyclic) bond motifs is 1. The molecule has 7 heteroatoms. The number of allylic oxidation sites excluding steroid dienone is 1. The van der Waals surface area contributed by atoms with Crippen LogP contribution >= 0.6 is 27.3 Å². The van der Waals surface area contributed by atoms with Crippen molar-refractivity contribution < 1.29 is 8.42 Å². The molecule has 0 bridgehead atoms. The van der Waals surface area contributed by atoms with Crippen molar-refractivity contribution in [3.05, 3.63) is 70.5 Å². The lowest BCUT2D eigenvalue weighted by Gasteiger charge is -2.01. The number of thiazole rings is 1. The van der Waals surface area contributed by atoms with E-state index in [0.29, 0.717) is 11.3 Å². The smallest absolute Gasteiger partial charge is 0.285 e. The summed E-state index contributed by atoms with van der Waals surface area (Å²) in [5.74, 6) is 0. The molecule has 0 unspecified atom stereocenters. The van der Waals surface area contributed by atoms with Crippen LogP contribution in [0.2, 0.25) is 0 Å². The second-order valence-electron chi connectivity index (χ2n) is 4.78. The molecule has 0 saturated heterocycles. The minimum Gasteiger partial charge on any atom is -0.312 e. The maximum atomic E-state index is 12.5. The van der Waals surface area contributed by atoms with Gasteiger partial charge < -0.3 is 4.57 Å². The van der Waals surface area contributed by atoms with E-state index < -0.39 is 10.0 Å². The van der Waals surface area contributed by atoms with E-state index in [4.69, 9.17) is 0 Å². The molecule has 0 aliphatic rings. The van der Waals surface area contributed by atoms with Crippen LogP contribution in [0.1, 0.15) is 0 Å². The molecule has 0 radical (unpaired) electrons. The van der Waals surface area contributed by atoms with Gasteiger partial charge in [0.25, 0.3) is 10.0 Å². The topological polar surface area (TPSA) is 51.4 Å². The van der Waals surface area contributed by atoms with Crippen molar-refractivity contribution in [2.75, 3.05) is 0 Å². The van der Waals surface area contributed by atoms with E-state index in [2.05, 4.69) is 26.9 Å². The third kappa shape index (κ3) is 3.31. The molecule has 1 heterocycles. The first-order valence-electron chi connectivity index (χ1n) is 6.77. The Hall–Kier alpha value is -1.70. The molecule has 118 valence electrons. The normalized spacial score (nSPS) is 12.7. The van der Waals surface area contributed by atoms with Crippen LogP contribution < -0.4 is 4.80 Å². The predicted octanol–water partition coefficient (Wildman–Crippen LogP) is 3.94. The molecule has 1 aromatic heterocycles. The summed E-state index contributed by atoms with van der Waals surface area (Å²) < 4.78 is 32.8. The van der Waals surface area contributed by atoms with Gasteiger partial charge in [0.15, 0.2) is 0 Å². The lowest BCUT2D eigenvalue weighted by atomic mass is 10.3. The zero-order chi connectivity index (χ0) is 16.4. The van der Waals surface area contributed by atoms with Gasteiger partial charge in [-0.25, -0.2) is 0 Å². The first-order valence-corrected chi connectivity index (χ1v) is 9.82.